The maximum Gasteiger partial charge on any atom is 0.262 e. The molecule has 0 spiro atoms. The Morgan fingerprint density at radius 1 is 1.24 bits per heavy atom. The average Bonchev–Trinajstić information content (AvgIpc) is 2.88. The van der Waals surface area contributed by atoms with E-state index in [9.17, 15) is 8.42 Å². The van der Waals surface area contributed by atoms with Crippen LogP contribution in [0.1, 0.15) is 18.7 Å². The molecular weight excluding hydrogens is 308 g/mol. The minimum Gasteiger partial charge on any atom is -0.310 e. The first-order valence-corrected chi connectivity index (χ1v) is 9.45. The fourth-order valence-electron chi connectivity index (χ4n) is 2.02. The number of hydrogen-bond donors (Lipinski definition) is 2. The van der Waals surface area contributed by atoms with E-state index in [2.05, 4.69) is 28.9 Å². The van der Waals surface area contributed by atoms with Gasteiger partial charge in [0.15, 0.2) is 0 Å². The number of nitrogens with zero attached hydrogens (tertiary/aromatic N) is 2. The summed E-state index contributed by atoms with van der Waals surface area (Å²) in [4.78, 5) is 5.90. The fraction of sp³-hybridized carbons (Fsp3) is 0.692. The van der Waals surface area contributed by atoms with Crippen molar-refractivity contribution >= 4 is 21.4 Å². The highest BCUT2D eigenvalue weighted by Crippen LogP contribution is 2.21. The molecule has 8 heteroatoms. The molecule has 1 aromatic heterocycles. The quantitative estimate of drug-likeness (QED) is 0.802. The van der Waals surface area contributed by atoms with Gasteiger partial charge in [0, 0.05) is 43.6 Å². The molecule has 0 saturated carbocycles. The van der Waals surface area contributed by atoms with Gasteiger partial charge in [-0.25, -0.2) is 13.4 Å². The molecule has 0 aromatic carbocycles. The molecule has 2 rings (SSSR count). The highest BCUT2D eigenvalue weighted by Gasteiger charge is 2.22. The predicted molar refractivity (Wildman–Crippen MR) is 85.7 cm³/mol. The van der Waals surface area contributed by atoms with Crippen LogP contribution in [0, 0.1) is 0 Å². The zero-order valence-electron chi connectivity index (χ0n) is 12.8. The van der Waals surface area contributed by atoms with Crippen molar-refractivity contribution in [2.75, 3.05) is 33.2 Å². The van der Waals surface area contributed by atoms with Gasteiger partial charge in [-0.2, -0.15) is 0 Å². The molecule has 0 amide bonds. The molecule has 6 nitrogen and oxygen atoms in total. The third kappa shape index (κ3) is 5.01. The van der Waals surface area contributed by atoms with Crippen molar-refractivity contribution in [3.8, 4) is 0 Å². The third-order valence-electron chi connectivity index (χ3n) is 3.34. The lowest BCUT2D eigenvalue weighted by atomic mass is 10.4. The summed E-state index contributed by atoms with van der Waals surface area (Å²) in [6.45, 7) is 8.01. The number of piperazine rings is 1. The van der Waals surface area contributed by atoms with Crippen molar-refractivity contribution in [2.45, 2.75) is 30.6 Å². The Hall–Kier alpha value is -0.510. The zero-order chi connectivity index (χ0) is 15.5. The maximum atomic E-state index is 12.4. The summed E-state index contributed by atoms with van der Waals surface area (Å²) in [5.74, 6) is 0. The first-order valence-electron chi connectivity index (χ1n) is 7.15. The van der Waals surface area contributed by atoms with E-state index in [1.54, 1.807) is 11.1 Å². The largest absolute Gasteiger partial charge is 0.310 e. The van der Waals surface area contributed by atoms with Crippen LogP contribution >= 0.6 is 11.3 Å². The van der Waals surface area contributed by atoms with Crippen molar-refractivity contribution in [1.82, 2.24) is 20.1 Å². The summed E-state index contributed by atoms with van der Waals surface area (Å²) in [6, 6.07) is 3.94. The topological polar surface area (TPSA) is 64.7 Å². The normalized spacial score (nSPS) is 18.5. The van der Waals surface area contributed by atoms with E-state index in [1.165, 1.54) is 11.3 Å². The van der Waals surface area contributed by atoms with Crippen molar-refractivity contribution in [1.29, 1.82) is 0 Å². The number of nitrogens with one attached hydrogen (secondary N) is 2. The summed E-state index contributed by atoms with van der Waals surface area (Å²) in [5.41, 5.74) is 0. The highest BCUT2D eigenvalue weighted by atomic mass is 32.2. The Labute approximate surface area is 131 Å². The second-order valence-electron chi connectivity index (χ2n) is 5.64. The van der Waals surface area contributed by atoms with Crippen LogP contribution in [0.15, 0.2) is 16.3 Å². The molecule has 0 radical (unpaired) electrons. The van der Waals surface area contributed by atoms with Crippen molar-refractivity contribution in [3.05, 3.63) is 17.0 Å². The van der Waals surface area contributed by atoms with Crippen LogP contribution in [0.3, 0.4) is 0 Å². The van der Waals surface area contributed by atoms with E-state index in [0.717, 1.165) is 18.0 Å². The lowest BCUT2D eigenvalue weighted by Gasteiger charge is -2.31. The van der Waals surface area contributed by atoms with Gasteiger partial charge in [-0.05, 0) is 19.2 Å². The van der Waals surface area contributed by atoms with E-state index >= 15 is 0 Å². The third-order valence-corrected chi connectivity index (χ3v) is 6.29. The lowest BCUT2D eigenvalue weighted by molar-refractivity contribution is 0.135. The molecule has 1 aliphatic heterocycles. The van der Waals surface area contributed by atoms with E-state index in [1.807, 2.05) is 13.1 Å². The van der Waals surface area contributed by atoms with E-state index < -0.39 is 10.0 Å². The Morgan fingerprint density at radius 3 is 2.52 bits per heavy atom. The highest BCUT2D eigenvalue weighted by molar-refractivity contribution is 7.91. The van der Waals surface area contributed by atoms with Gasteiger partial charge in [0.1, 0.15) is 4.21 Å². The Morgan fingerprint density at radius 2 is 1.90 bits per heavy atom. The maximum absolute atomic E-state index is 12.4. The summed E-state index contributed by atoms with van der Waals surface area (Å²) in [5, 5.41) is 5.07. The van der Waals surface area contributed by atoms with E-state index in [0.29, 0.717) is 29.9 Å². The van der Waals surface area contributed by atoms with Gasteiger partial charge in [-0.15, -0.1) is 16.2 Å². The Balaban J connectivity index is 1.96. The van der Waals surface area contributed by atoms with Crippen LogP contribution in [0.5, 0.6) is 0 Å². The number of sulfonamides is 1. The molecule has 0 bridgehead atoms. The van der Waals surface area contributed by atoms with Crippen LogP contribution in [0.25, 0.3) is 0 Å². The summed E-state index contributed by atoms with van der Waals surface area (Å²) in [6.07, 6.45) is 0. The Bertz CT molecular complexity index is 548. The van der Waals surface area contributed by atoms with Crippen LogP contribution < -0.4 is 10.1 Å². The van der Waals surface area contributed by atoms with Crippen molar-refractivity contribution < 1.29 is 8.42 Å². The molecule has 2 N–H and O–H groups in total. The number of hydrazine groups is 1. The van der Waals surface area contributed by atoms with Crippen LogP contribution in [-0.2, 0) is 16.6 Å². The zero-order valence-corrected chi connectivity index (χ0v) is 14.4. The van der Waals surface area contributed by atoms with Gasteiger partial charge in [0.25, 0.3) is 10.0 Å². The van der Waals surface area contributed by atoms with Crippen molar-refractivity contribution in [2.24, 2.45) is 0 Å². The number of thiophene rings is 1. The number of hydrogen-bond acceptors (Lipinski definition) is 6. The average molecular weight is 332 g/mol. The van der Waals surface area contributed by atoms with Gasteiger partial charge < -0.3 is 10.2 Å². The standard InChI is InChI=1S/C13H24N4O2S2/c1-11(2)14-10-12-4-5-13(20-12)21(18,19)15-17-8-6-16(3)7-9-17/h4-5,11,14-15H,6-10H2,1-3H3. The molecule has 1 aromatic rings. The second-order valence-corrected chi connectivity index (χ2v) is 8.70. The number of likely N-dealkylation sites (N-methyl/N-ethyl adjacent to an activating group) is 1. The number of rotatable bonds is 6. The second kappa shape index (κ2) is 7.17. The minimum atomic E-state index is -3.45. The van der Waals surface area contributed by atoms with Crippen LogP contribution in [-0.4, -0.2) is 57.6 Å². The van der Waals surface area contributed by atoms with Gasteiger partial charge in [0.2, 0.25) is 0 Å². The van der Waals surface area contributed by atoms with Gasteiger partial charge >= 0.3 is 0 Å². The van der Waals surface area contributed by atoms with E-state index in [4.69, 9.17) is 0 Å². The molecule has 120 valence electrons. The molecule has 21 heavy (non-hydrogen) atoms. The van der Waals surface area contributed by atoms with Crippen LogP contribution in [0.2, 0.25) is 0 Å². The first-order chi connectivity index (χ1) is 9.87. The molecule has 1 saturated heterocycles. The van der Waals surface area contributed by atoms with Crippen molar-refractivity contribution in [3.63, 3.8) is 0 Å². The summed E-state index contributed by atoms with van der Waals surface area (Å²) >= 11 is 1.32. The summed E-state index contributed by atoms with van der Waals surface area (Å²) in [7, 11) is -1.41. The SMILES string of the molecule is CC(C)NCc1ccc(S(=O)(=O)NN2CCN(C)CC2)s1. The first kappa shape index (κ1) is 16.9. The van der Waals surface area contributed by atoms with Crippen LogP contribution in [0.4, 0.5) is 0 Å². The molecular formula is C13H24N4O2S2. The smallest absolute Gasteiger partial charge is 0.262 e. The monoisotopic (exact) mass is 332 g/mol. The lowest BCUT2D eigenvalue weighted by Crippen LogP contribution is -2.52. The molecule has 2 heterocycles. The van der Waals surface area contributed by atoms with Gasteiger partial charge in [0.05, 0.1) is 0 Å². The predicted octanol–water partition coefficient (Wildman–Crippen LogP) is 0.687. The van der Waals surface area contributed by atoms with Gasteiger partial charge in [-0.1, -0.05) is 13.8 Å². The Kier molecular flexibility index (Phi) is 5.75. The molecule has 0 unspecified atom stereocenters. The molecule has 1 aliphatic rings. The molecule has 0 atom stereocenters. The van der Waals surface area contributed by atoms with E-state index in [-0.39, 0.29) is 0 Å². The van der Waals surface area contributed by atoms with Gasteiger partial charge in [-0.3, -0.25) is 0 Å². The fourth-order valence-corrected chi connectivity index (χ4v) is 4.43. The molecule has 1 fully saturated rings. The summed E-state index contributed by atoms with van der Waals surface area (Å²) < 4.78 is 25.1. The minimum absolute atomic E-state index is 0.377. The molecule has 0 aliphatic carbocycles.